The van der Waals surface area contributed by atoms with Crippen LogP contribution in [0.5, 0.6) is 0 Å². The number of nitrogens with zero attached hydrogens (tertiary/aromatic N) is 4. The van der Waals surface area contributed by atoms with Gasteiger partial charge in [-0.2, -0.15) is 4.98 Å². The van der Waals surface area contributed by atoms with E-state index in [9.17, 15) is 8.42 Å². The van der Waals surface area contributed by atoms with Crippen molar-refractivity contribution in [1.82, 2.24) is 14.8 Å². The van der Waals surface area contributed by atoms with E-state index in [0.29, 0.717) is 17.4 Å². The molecule has 1 N–H and O–H groups in total. The molecular formula is C23H18ClN5O2S. The zero-order chi connectivity index (χ0) is 22.1. The second-order valence-corrected chi connectivity index (χ2v) is 9.41. The Morgan fingerprint density at radius 1 is 0.906 bits per heavy atom. The molecule has 1 unspecified atom stereocenters. The fraction of sp³-hybridized carbons (Fsp3) is 0.0870. The van der Waals surface area contributed by atoms with Crippen molar-refractivity contribution in [1.29, 1.82) is 0 Å². The van der Waals surface area contributed by atoms with Gasteiger partial charge in [-0.15, -0.1) is 5.10 Å². The molecule has 9 heteroatoms. The second kappa shape index (κ2) is 8.22. The van der Waals surface area contributed by atoms with Crippen molar-refractivity contribution in [2.24, 2.45) is 4.99 Å². The Bertz CT molecular complexity index is 1390. The van der Waals surface area contributed by atoms with Crippen molar-refractivity contribution >= 4 is 39.2 Å². The summed E-state index contributed by atoms with van der Waals surface area (Å²) >= 11 is 6.04. The van der Waals surface area contributed by atoms with Gasteiger partial charge in [-0.1, -0.05) is 72.3 Å². The summed E-state index contributed by atoms with van der Waals surface area (Å²) in [6.07, 6.45) is 0.576. The lowest BCUT2D eigenvalue weighted by molar-refractivity contribution is 0.532. The first-order valence-corrected chi connectivity index (χ1v) is 11.8. The van der Waals surface area contributed by atoms with E-state index >= 15 is 0 Å². The van der Waals surface area contributed by atoms with Gasteiger partial charge in [0.15, 0.2) is 0 Å². The van der Waals surface area contributed by atoms with Crippen LogP contribution in [0.1, 0.15) is 23.6 Å². The maximum absolute atomic E-state index is 12.7. The minimum atomic E-state index is -3.82. The monoisotopic (exact) mass is 463 g/mol. The molecule has 160 valence electrons. The highest BCUT2D eigenvalue weighted by Crippen LogP contribution is 2.34. The molecule has 4 aromatic rings. The first kappa shape index (κ1) is 20.4. The standard InChI is InChI=1S/C23H18ClN5O2S/c24-18-13-11-16(12-14-18)20-15-21(17-7-3-1-4-8-17)29-23(25-20)26-22(27-29)28-32(30,31)19-9-5-2-6-10-19/h1-14,21H,15H2,(H,27,28). The zero-order valence-electron chi connectivity index (χ0n) is 16.8. The Morgan fingerprint density at radius 3 is 2.25 bits per heavy atom. The summed E-state index contributed by atoms with van der Waals surface area (Å²) < 4.78 is 29.6. The number of anilines is 1. The Kier molecular flexibility index (Phi) is 5.24. The molecule has 2 heterocycles. The van der Waals surface area contributed by atoms with Crippen LogP contribution in [0, 0.1) is 0 Å². The van der Waals surface area contributed by atoms with Crippen LogP contribution in [-0.4, -0.2) is 28.9 Å². The third-order valence-electron chi connectivity index (χ3n) is 5.17. The molecule has 7 nitrogen and oxygen atoms in total. The third-order valence-corrected chi connectivity index (χ3v) is 6.77. The van der Waals surface area contributed by atoms with Crippen molar-refractivity contribution in [3.63, 3.8) is 0 Å². The molecular weight excluding hydrogens is 446 g/mol. The second-order valence-electron chi connectivity index (χ2n) is 7.29. The molecule has 0 bridgehead atoms. The number of sulfonamides is 1. The van der Waals surface area contributed by atoms with Crippen LogP contribution in [0.15, 0.2) is 94.8 Å². The molecule has 1 aromatic heterocycles. The van der Waals surface area contributed by atoms with E-state index in [1.54, 1.807) is 22.9 Å². The average Bonchev–Trinajstić information content (AvgIpc) is 3.21. The predicted octanol–water partition coefficient (Wildman–Crippen LogP) is 4.85. The van der Waals surface area contributed by atoms with Crippen LogP contribution in [0.2, 0.25) is 5.02 Å². The molecule has 1 aliphatic heterocycles. The quantitative estimate of drug-likeness (QED) is 0.458. The molecule has 0 radical (unpaired) electrons. The van der Waals surface area contributed by atoms with Crippen LogP contribution < -0.4 is 4.72 Å². The molecule has 0 saturated carbocycles. The number of rotatable bonds is 5. The molecule has 0 spiro atoms. The number of benzene rings is 3. The summed E-state index contributed by atoms with van der Waals surface area (Å²) in [5.74, 6) is 0.312. The SMILES string of the molecule is O=S(=O)(Nc1nc2n(n1)C(c1ccccc1)CC(c1ccc(Cl)cc1)=N2)c1ccccc1. The normalized spacial score (nSPS) is 15.7. The molecule has 0 amide bonds. The highest BCUT2D eigenvalue weighted by Gasteiger charge is 2.28. The molecule has 0 saturated heterocycles. The van der Waals surface area contributed by atoms with E-state index in [4.69, 9.17) is 11.6 Å². The molecule has 3 aromatic carbocycles. The maximum atomic E-state index is 12.7. The van der Waals surface area contributed by atoms with Crippen molar-refractivity contribution in [2.45, 2.75) is 17.4 Å². The maximum Gasteiger partial charge on any atom is 0.264 e. The molecule has 32 heavy (non-hydrogen) atoms. The largest absolute Gasteiger partial charge is 0.264 e. The number of hydrogen-bond donors (Lipinski definition) is 1. The minimum Gasteiger partial charge on any atom is -0.246 e. The number of fused-ring (bicyclic) bond motifs is 1. The summed E-state index contributed by atoms with van der Waals surface area (Å²) in [5.41, 5.74) is 2.78. The Hall–Kier alpha value is -3.49. The third kappa shape index (κ3) is 4.02. The highest BCUT2D eigenvalue weighted by molar-refractivity contribution is 7.92. The highest BCUT2D eigenvalue weighted by atomic mass is 35.5. The lowest BCUT2D eigenvalue weighted by Gasteiger charge is -2.23. The van der Waals surface area contributed by atoms with Gasteiger partial charge in [-0.3, -0.25) is 0 Å². The van der Waals surface area contributed by atoms with Gasteiger partial charge >= 0.3 is 0 Å². The number of aromatic nitrogens is 3. The van der Waals surface area contributed by atoms with Gasteiger partial charge in [-0.05, 0) is 35.4 Å². The molecule has 5 rings (SSSR count). The number of aliphatic imine (C=N–C) groups is 1. The smallest absolute Gasteiger partial charge is 0.246 e. The van der Waals surface area contributed by atoms with Gasteiger partial charge in [-0.25, -0.2) is 22.8 Å². The van der Waals surface area contributed by atoms with Crippen molar-refractivity contribution in [2.75, 3.05) is 4.72 Å². The Labute approximate surface area is 190 Å². The van der Waals surface area contributed by atoms with Gasteiger partial charge in [0.05, 0.1) is 16.6 Å². The molecule has 0 aliphatic carbocycles. The van der Waals surface area contributed by atoms with Crippen LogP contribution in [0.25, 0.3) is 0 Å². The molecule has 1 aliphatic rings. The number of halogens is 1. The minimum absolute atomic E-state index is 0.0223. The summed E-state index contributed by atoms with van der Waals surface area (Å²) in [4.78, 5) is 9.19. The van der Waals surface area contributed by atoms with E-state index in [2.05, 4.69) is 19.8 Å². The van der Waals surface area contributed by atoms with E-state index in [-0.39, 0.29) is 16.9 Å². The van der Waals surface area contributed by atoms with Gasteiger partial charge < -0.3 is 0 Å². The average molecular weight is 464 g/mol. The van der Waals surface area contributed by atoms with E-state index in [0.717, 1.165) is 16.8 Å². The number of hydrogen-bond acceptors (Lipinski definition) is 5. The van der Waals surface area contributed by atoms with E-state index in [1.165, 1.54) is 12.1 Å². The van der Waals surface area contributed by atoms with Crippen LogP contribution >= 0.6 is 11.6 Å². The first-order valence-electron chi connectivity index (χ1n) is 9.92. The Balaban J connectivity index is 1.56. The van der Waals surface area contributed by atoms with Gasteiger partial charge in [0.25, 0.3) is 21.9 Å². The fourth-order valence-corrected chi connectivity index (χ4v) is 4.70. The van der Waals surface area contributed by atoms with Crippen molar-refractivity contribution < 1.29 is 8.42 Å². The van der Waals surface area contributed by atoms with Crippen molar-refractivity contribution in [3.05, 3.63) is 101 Å². The fourth-order valence-electron chi connectivity index (χ4n) is 3.62. The first-order chi connectivity index (χ1) is 15.5. The van der Waals surface area contributed by atoms with Crippen LogP contribution in [0.4, 0.5) is 11.9 Å². The lowest BCUT2D eigenvalue weighted by atomic mass is 9.96. The predicted molar refractivity (Wildman–Crippen MR) is 124 cm³/mol. The van der Waals surface area contributed by atoms with E-state index in [1.807, 2.05) is 54.6 Å². The van der Waals surface area contributed by atoms with Crippen LogP contribution in [-0.2, 0) is 10.0 Å². The molecule has 1 atom stereocenters. The summed E-state index contributed by atoms with van der Waals surface area (Å²) in [5, 5.41) is 5.09. The van der Waals surface area contributed by atoms with Gasteiger partial charge in [0, 0.05) is 11.4 Å². The summed E-state index contributed by atoms with van der Waals surface area (Å²) in [6.45, 7) is 0. The zero-order valence-corrected chi connectivity index (χ0v) is 18.3. The van der Waals surface area contributed by atoms with E-state index < -0.39 is 10.0 Å². The van der Waals surface area contributed by atoms with Crippen molar-refractivity contribution in [3.8, 4) is 0 Å². The number of nitrogens with one attached hydrogen (secondary N) is 1. The molecule has 0 fully saturated rings. The van der Waals surface area contributed by atoms with Gasteiger partial charge in [0.1, 0.15) is 0 Å². The van der Waals surface area contributed by atoms with Gasteiger partial charge in [0.2, 0.25) is 0 Å². The topological polar surface area (TPSA) is 89.2 Å². The summed E-state index contributed by atoms with van der Waals surface area (Å²) in [7, 11) is -3.82. The summed E-state index contributed by atoms with van der Waals surface area (Å²) in [6, 6.07) is 25.3. The lowest BCUT2D eigenvalue weighted by Crippen LogP contribution is -2.21. The van der Waals surface area contributed by atoms with Crippen LogP contribution in [0.3, 0.4) is 0 Å². The Morgan fingerprint density at radius 2 is 1.56 bits per heavy atom.